The van der Waals surface area contributed by atoms with E-state index in [-0.39, 0.29) is 0 Å². The average molecular weight is 298 g/mol. The van der Waals surface area contributed by atoms with Gasteiger partial charge < -0.3 is 13.3 Å². The summed E-state index contributed by atoms with van der Waals surface area (Å²) < 4.78 is 17.8. The molecule has 0 aromatic heterocycles. The lowest BCUT2D eigenvalue weighted by atomic mass is 10.4. The highest BCUT2D eigenvalue weighted by Crippen LogP contribution is 2.14. The molecule has 0 aliphatic rings. The smallest absolute Gasteiger partial charge is 0.370 e. The van der Waals surface area contributed by atoms with Crippen molar-refractivity contribution in [3.8, 4) is 0 Å². The Morgan fingerprint density at radius 3 is 1.55 bits per heavy atom. The molecule has 20 heavy (non-hydrogen) atoms. The second-order valence-corrected chi connectivity index (χ2v) is 6.83. The molecule has 0 saturated heterocycles. The van der Waals surface area contributed by atoms with Crippen molar-refractivity contribution in [2.45, 2.75) is 47.0 Å². The van der Waals surface area contributed by atoms with Crippen LogP contribution in [0.4, 0.5) is 0 Å². The minimum atomic E-state index is -2.67. The fraction of sp³-hybridized carbons (Fsp3) is 0.625. The molecule has 0 radical (unpaired) electrons. The van der Waals surface area contributed by atoms with E-state index in [2.05, 4.69) is 20.8 Å². The molecule has 0 unspecified atom stereocenters. The molecule has 0 heterocycles. The Bertz CT molecular complexity index is 276. The van der Waals surface area contributed by atoms with E-state index in [0.717, 1.165) is 19.3 Å². The number of allylic oxidation sites excluding steroid dienone is 5. The van der Waals surface area contributed by atoms with Crippen molar-refractivity contribution in [1.82, 2.24) is 0 Å². The number of hydrogen-bond donors (Lipinski definition) is 0. The lowest BCUT2D eigenvalue weighted by Crippen LogP contribution is -2.45. The Labute approximate surface area is 125 Å². The Hall–Kier alpha value is -0.683. The second kappa shape index (κ2) is 13.3. The molecule has 0 fully saturated rings. The predicted molar refractivity (Wildman–Crippen MR) is 87.6 cm³/mol. The zero-order valence-electron chi connectivity index (χ0n) is 13.4. The van der Waals surface area contributed by atoms with Crippen LogP contribution in [0.3, 0.4) is 0 Å². The van der Waals surface area contributed by atoms with Crippen molar-refractivity contribution in [2.24, 2.45) is 0 Å². The summed E-state index contributed by atoms with van der Waals surface area (Å²) >= 11 is 0. The first kappa shape index (κ1) is 19.3. The molecule has 0 aliphatic heterocycles. The summed E-state index contributed by atoms with van der Waals surface area (Å²) in [7, 11) is -2.67. The maximum Gasteiger partial charge on any atom is 0.529 e. The van der Waals surface area contributed by atoms with Crippen molar-refractivity contribution in [3.05, 3.63) is 36.1 Å². The fourth-order valence-electron chi connectivity index (χ4n) is 1.42. The minimum Gasteiger partial charge on any atom is -0.370 e. The molecule has 116 valence electrons. The van der Waals surface area contributed by atoms with E-state index in [9.17, 15) is 0 Å². The van der Waals surface area contributed by atoms with Gasteiger partial charge in [0, 0.05) is 19.8 Å². The molecular weight excluding hydrogens is 268 g/mol. The molecular formula is C16H30O3Si. The molecule has 0 amide bonds. The van der Waals surface area contributed by atoms with E-state index in [4.69, 9.17) is 13.3 Å². The molecule has 4 heteroatoms. The first-order valence-corrected chi connectivity index (χ1v) is 9.43. The van der Waals surface area contributed by atoms with Gasteiger partial charge in [-0.05, 0) is 31.9 Å². The van der Waals surface area contributed by atoms with Crippen LogP contribution in [0.2, 0.25) is 0 Å². The summed E-state index contributed by atoms with van der Waals surface area (Å²) in [6.07, 6.45) is 12.8. The van der Waals surface area contributed by atoms with Crippen molar-refractivity contribution < 1.29 is 13.3 Å². The number of rotatable bonds is 12. The van der Waals surface area contributed by atoms with E-state index in [1.54, 1.807) is 0 Å². The molecule has 0 aromatic carbocycles. The highest BCUT2D eigenvalue weighted by atomic mass is 28.4. The topological polar surface area (TPSA) is 27.7 Å². The van der Waals surface area contributed by atoms with Crippen molar-refractivity contribution in [2.75, 3.05) is 19.8 Å². The van der Waals surface area contributed by atoms with Gasteiger partial charge in [-0.3, -0.25) is 0 Å². The lowest BCUT2D eigenvalue weighted by molar-refractivity contribution is 0.0716. The van der Waals surface area contributed by atoms with Crippen molar-refractivity contribution in [1.29, 1.82) is 0 Å². The molecule has 0 aromatic rings. The van der Waals surface area contributed by atoms with Gasteiger partial charge in [0.1, 0.15) is 0 Å². The molecule has 3 nitrogen and oxygen atoms in total. The summed E-state index contributed by atoms with van der Waals surface area (Å²) in [5.74, 6) is 0. The number of hydrogen-bond acceptors (Lipinski definition) is 3. The summed E-state index contributed by atoms with van der Waals surface area (Å²) in [6, 6.07) is 0. The van der Waals surface area contributed by atoms with Crippen LogP contribution in [0.15, 0.2) is 36.1 Å². The summed E-state index contributed by atoms with van der Waals surface area (Å²) in [5, 5.41) is 0. The van der Waals surface area contributed by atoms with Crippen LogP contribution in [0, 0.1) is 0 Å². The molecule has 0 bridgehead atoms. The third-order valence-corrected chi connectivity index (χ3v) is 4.77. The Morgan fingerprint density at radius 2 is 1.15 bits per heavy atom. The quantitative estimate of drug-likeness (QED) is 0.394. The monoisotopic (exact) mass is 298 g/mol. The zero-order chi connectivity index (χ0) is 15.1. The van der Waals surface area contributed by atoms with Gasteiger partial charge in [0.05, 0.1) is 0 Å². The Morgan fingerprint density at radius 1 is 0.700 bits per heavy atom. The second-order valence-electron chi connectivity index (χ2n) is 4.42. The van der Waals surface area contributed by atoms with Gasteiger partial charge in [-0.2, -0.15) is 0 Å². The van der Waals surface area contributed by atoms with Gasteiger partial charge in [-0.25, -0.2) is 0 Å². The van der Waals surface area contributed by atoms with Crippen LogP contribution in [0.25, 0.3) is 0 Å². The van der Waals surface area contributed by atoms with Gasteiger partial charge in [0.25, 0.3) is 0 Å². The first-order valence-electron chi connectivity index (χ1n) is 7.63. The van der Waals surface area contributed by atoms with Crippen LogP contribution in [-0.4, -0.2) is 28.6 Å². The molecule has 0 N–H and O–H groups in total. The highest BCUT2D eigenvalue weighted by Gasteiger charge is 2.37. The third kappa shape index (κ3) is 9.26. The summed E-state index contributed by atoms with van der Waals surface area (Å²) in [5.41, 5.74) is 1.98. The van der Waals surface area contributed by atoms with E-state index in [1.165, 1.54) is 0 Å². The minimum absolute atomic E-state index is 0.669. The van der Waals surface area contributed by atoms with Crippen LogP contribution in [-0.2, 0) is 13.3 Å². The zero-order valence-corrected chi connectivity index (χ0v) is 14.4. The SMILES string of the molecule is C/C=C/C=C/C=C/[Si](OCCC)(OCCC)OCCC. The first-order chi connectivity index (χ1) is 9.74. The Balaban J connectivity index is 4.81. The third-order valence-electron chi connectivity index (χ3n) is 2.35. The summed E-state index contributed by atoms with van der Waals surface area (Å²) in [6.45, 7) is 10.3. The van der Waals surface area contributed by atoms with Gasteiger partial charge >= 0.3 is 8.80 Å². The van der Waals surface area contributed by atoms with Crippen molar-refractivity contribution in [3.63, 3.8) is 0 Å². The Kier molecular flexibility index (Phi) is 12.9. The fourth-order valence-corrected chi connectivity index (χ4v) is 3.77. The molecule has 0 atom stereocenters. The van der Waals surface area contributed by atoms with Crippen LogP contribution < -0.4 is 0 Å². The van der Waals surface area contributed by atoms with Crippen LogP contribution in [0.5, 0.6) is 0 Å². The standard InChI is InChI=1S/C16H30O3Si/c1-5-9-10-11-12-16-20(17-13-6-2,18-14-7-3)19-15-8-4/h5,9-12,16H,6-8,13-15H2,1-4H3/b9-5+,11-10+,16-12+. The van der Waals surface area contributed by atoms with Crippen LogP contribution in [0.1, 0.15) is 47.0 Å². The molecule has 0 spiro atoms. The molecule has 0 aliphatic carbocycles. The van der Waals surface area contributed by atoms with Gasteiger partial charge in [-0.15, -0.1) is 0 Å². The van der Waals surface area contributed by atoms with Gasteiger partial charge in [-0.1, -0.05) is 51.2 Å². The molecule has 0 rings (SSSR count). The maximum absolute atomic E-state index is 5.95. The van der Waals surface area contributed by atoms with E-state index in [1.807, 2.05) is 43.0 Å². The predicted octanol–water partition coefficient (Wildman–Crippen LogP) is 4.43. The normalized spacial score (nSPS) is 13.2. The summed E-state index contributed by atoms with van der Waals surface area (Å²) in [4.78, 5) is 0. The lowest BCUT2D eigenvalue weighted by Gasteiger charge is -2.26. The maximum atomic E-state index is 5.95. The highest BCUT2D eigenvalue weighted by molar-refractivity contribution is 6.66. The van der Waals surface area contributed by atoms with Crippen LogP contribution >= 0.6 is 0 Å². The van der Waals surface area contributed by atoms with E-state index in [0.29, 0.717) is 19.8 Å². The van der Waals surface area contributed by atoms with Gasteiger partial charge in [0.2, 0.25) is 0 Å². The van der Waals surface area contributed by atoms with Crippen molar-refractivity contribution >= 4 is 8.80 Å². The van der Waals surface area contributed by atoms with E-state index < -0.39 is 8.80 Å². The van der Waals surface area contributed by atoms with Gasteiger partial charge in [0.15, 0.2) is 0 Å². The largest absolute Gasteiger partial charge is 0.529 e. The average Bonchev–Trinajstić information content (AvgIpc) is 2.48. The van der Waals surface area contributed by atoms with E-state index >= 15 is 0 Å². The molecule has 0 saturated carbocycles.